The first-order valence-electron chi connectivity index (χ1n) is 6.33. The molecule has 1 aliphatic rings. The monoisotopic (exact) mass is 222 g/mol. The molecule has 1 fully saturated rings. The number of hydrogen-bond donors (Lipinski definition) is 0. The van der Waals surface area contributed by atoms with E-state index in [1.54, 1.807) is 0 Å². The number of carbonyl (C=O) groups is 1. The minimum atomic E-state index is -0.181. The van der Waals surface area contributed by atoms with Gasteiger partial charge >= 0.3 is 5.97 Å². The van der Waals surface area contributed by atoms with Gasteiger partial charge in [0.25, 0.3) is 0 Å². The van der Waals surface area contributed by atoms with Crippen LogP contribution in [0.5, 0.6) is 0 Å². The van der Waals surface area contributed by atoms with Gasteiger partial charge in [-0.25, -0.2) is 0 Å². The van der Waals surface area contributed by atoms with Crippen molar-refractivity contribution in [3.63, 3.8) is 0 Å². The molecule has 16 heavy (non-hydrogen) atoms. The maximum Gasteiger partial charge on any atom is 0.313 e. The van der Waals surface area contributed by atoms with Crippen LogP contribution in [0.15, 0.2) is 17.9 Å². The second kappa shape index (κ2) is 7.29. The van der Waals surface area contributed by atoms with E-state index < -0.39 is 0 Å². The molecule has 0 aliphatic heterocycles. The summed E-state index contributed by atoms with van der Waals surface area (Å²) >= 11 is 0. The molecule has 90 valence electrons. The Labute approximate surface area is 98.4 Å². The molecule has 0 aromatic heterocycles. The molecule has 1 rings (SSSR count). The third kappa shape index (κ3) is 4.67. The maximum atomic E-state index is 11.3. The normalized spacial score (nSPS) is 18.4. The average Bonchev–Trinajstić information content (AvgIpc) is 2.30. The molecule has 0 radical (unpaired) electrons. The fourth-order valence-corrected chi connectivity index (χ4v) is 1.98. The molecular weight excluding hydrogens is 200 g/mol. The third-order valence-electron chi connectivity index (χ3n) is 2.99. The first kappa shape index (κ1) is 13.1. The highest BCUT2D eigenvalue weighted by Crippen LogP contribution is 2.24. The van der Waals surface area contributed by atoms with Gasteiger partial charge < -0.3 is 4.74 Å². The van der Waals surface area contributed by atoms with Crippen molar-refractivity contribution in [3.8, 4) is 0 Å². The predicted molar refractivity (Wildman–Crippen MR) is 65.0 cm³/mol. The largest absolute Gasteiger partial charge is 0.466 e. The molecule has 1 saturated carbocycles. The van der Waals surface area contributed by atoms with Gasteiger partial charge in [0, 0.05) is 0 Å². The lowest BCUT2D eigenvalue weighted by molar-refractivity contribution is -0.145. The van der Waals surface area contributed by atoms with Crippen LogP contribution in [0.25, 0.3) is 0 Å². The molecule has 2 nitrogen and oxygen atoms in total. The molecule has 0 amide bonds. The maximum absolute atomic E-state index is 11.3. The lowest BCUT2D eigenvalue weighted by Gasteiger charge is -2.16. The highest BCUT2D eigenvalue weighted by Gasteiger charge is 2.11. The van der Waals surface area contributed by atoms with Crippen molar-refractivity contribution in [1.82, 2.24) is 0 Å². The molecular formula is C14H22O2. The fourth-order valence-electron chi connectivity index (χ4n) is 1.98. The molecule has 0 N–H and O–H groups in total. The summed E-state index contributed by atoms with van der Waals surface area (Å²) in [4.78, 5) is 11.3. The van der Waals surface area contributed by atoms with Gasteiger partial charge in [-0.15, -0.1) is 5.73 Å². The van der Waals surface area contributed by atoms with E-state index in [1.165, 1.54) is 32.1 Å². The van der Waals surface area contributed by atoms with Crippen LogP contribution in [-0.2, 0) is 9.53 Å². The summed E-state index contributed by atoms with van der Waals surface area (Å²) in [6, 6.07) is 0. The Morgan fingerprint density at radius 3 is 2.75 bits per heavy atom. The van der Waals surface area contributed by atoms with Crippen molar-refractivity contribution >= 4 is 5.97 Å². The van der Waals surface area contributed by atoms with E-state index >= 15 is 0 Å². The highest BCUT2D eigenvalue weighted by molar-refractivity contribution is 5.73. The molecule has 2 heteroatoms. The Morgan fingerprint density at radius 2 is 2.12 bits per heavy atom. The van der Waals surface area contributed by atoms with Crippen molar-refractivity contribution in [2.24, 2.45) is 11.8 Å². The molecule has 0 bridgehead atoms. The summed E-state index contributed by atoms with van der Waals surface area (Å²) in [6.07, 6.45) is 10.5. The van der Waals surface area contributed by atoms with Crippen molar-refractivity contribution in [2.45, 2.75) is 46.0 Å². The van der Waals surface area contributed by atoms with Gasteiger partial charge in [0.05, 0.1) is 12.5 Å². The SMILES string of the molecule is CCOC(=O)C(C)C=C=CC1CCCCC1. The van der Waals surface area contributed by atoms with Crippen molar-refractivity contribution in [3.05, 3.63) is 17.9 Å². The Bertz CT molecular complexity index is 268. The average molecular weight is 222 g/mol. The van der Waals surface area contributed by atoms with Crippen LogP contribution in [0.2, 0.25) is 0 Å². The second-order valence-corrected chi connectivity index (χ2v) is 4.44. The molecule has 0 saturated heterocycles. The van der Waals surface area contributed by atoms with Gasteiger partial charge in [-0.2, -0.15) is 0 Å². The van der Waals surface area contributed by atoms with Crippen LogP contribution in [0.4, 0.5) is 0 Å². The van der Waals surface area contributed by atoms with Gasteiger partial charge in [-0.05, 0) is 44.8 Å². The zero-order valence-electron chi connectivity index (χ0n) is 10.4. The summed E-state index contributed by atoms with van der Waals surface area (Å²) in [7, 11) is 0. The summed E-state index contributed by atoms with van der Waals surface area (Å²) < 4.78 is 4.92. The summed E-state index contributed by atoms with van der Waals surface area (Å²) in [6.45, 7) is 4.12. The molecule has 1 aliphatic carbocycles. The summed E-state index contributed by atoms with van der Waals surface area (Å²) in [5.74, 6) is 0.325. The molecule has 0 heterocycles. The zero-order chi connectivity index (χ0) is 11.8. The van der Waals surface area contributed by atoms with E-state index in [2.05, 4.69) is 11.8 Å². The lowest BCUT2D eigenvalue weighted by Crippen LogP contribution is -2.12. The van der Waals surface area contributed by atoms with Crippen LogP contribution < -0.4 is 0 Å². The van der Waals surface area contributed by atoms with Crippen LogP contribution in [-0.4, -0.2) is 12.6 Å². The third-order valence-corrected chi connectivity index (χ3v) is 2.99. The Morgan fingerprint density at radius 1 is 1.44 bits per heavy atom. The van der Waals surface area contributed by atoms with Crippen LogP contribution >= 0.6 is 0 Å². The van der Waals surface area contributed by atoms with Gasteiger partial charge in [0.15, 0.2) is 0 Å². The number of rotatable bonds is 4. The van der Waals surface area contributed by atoms with Crippen LogP contribution in [0, 0.1) is 11.8 Å². The highest BCUT2D eigenvalue weighted by atomic mass is 16.5. The quantitative estimate of drug-likeness (QED) is 0.537. The fraction of sp³-hybridized carbons (Fsp3) is 0.714. The first-order valence-corrected chi connectivity index (χ1v) is 6.33. The van der Waals surface area contributed by atoms with Crippen LogP contribution in [0.3, 0.4) is 0 Å². The Kier molecular flexibility index (Phi) is 5.95. The first-order chi connectivity index (χ1) is 7.74. The van der Waals surface area contributed by atoms with E-state index in [9.17, 15) is 4.79 Å². The molecule has 0 spiro atoms. The van der Waals surface area contributed by atoms with Crippen molar-refractivity contribution in [2.75, 3.05) is 6.61 Å². The Balaban J connectivity index is 2.38. The summed E-state index contributed by atoms with van der Waals surface area (Å²) in [5, 5.41) is 0. The Hall–Kier alpha value is -1.01. The minimum Gasteiger partial charge on any atom is -0.466 e. The van der Waals surface area contributed by atoms with Crippen molar-refractivity contribution < 1.29 is 9.53 Å². The second-order valence-electron chi connectivity index (χ2n) is 4.44. The van der Waals surface area contributed by atoms with E-state index in [4.69, 9.17) is 4.74 Å². The number of hydrogen-bond acceptors (Lipinski definition) is 2. The number of carbonyl (C=O) groups excluding carboxylic acids is 1. The molecule has 1 atom stereocenters. The van der Waals surface area contributed by atoms with Gasteiger partial charge in [0.1, 0.15) is 0 Å². The number of esters is 1. The van der Waals surface area contributed by atoms with Gasteiger partial charge in [-0.1, -0.05) is 19.3 Å². The van der Waals surface area contributed by atoms with Crippen molar-refractivity contribution in [1.29, 1.82) is 0 Å². The van der Waals surface area contributed by atoms with E-state index in [1.807, 2.05) is 19.9 Å². The zero-order valence-corrected chi connectivity index (χ0v) is 10.4. The minimum absolute atomic E-state index is 0.160. The number of ether oxygens (including phenoxy) is 1. The standard InChI is InChI=1S/C14H22O2/c1-3-16-14(15)12(2)8-7-11-13-9-5-4-6-10-13/h8,11-13H,3-6,9-10H2,1-2H3. The van der Waals surface area contributed by atoms with Crippen LogP contribution in [0.1, 0.15) is 46.0 Å². The predicted octanol–water partition coefficient (Wildman–Crippen LogP) is 3.48. The smallest absolute Gasteiger partial charge is 0.313 e. The molecule has 0 aromatic rings. The van der Waals surface area contributed by atoms with E-state index in [0.29, 0.717) is 12.5 Å². The molecule has 0 aromatic carbocycles. The lowest BCUT2D eigenvalue weighted by atomic mass is 9.89. The topological polar surface area (TPSA) is 26.3 Å². The van der Waals surface area contributed by atoms with E-state index in [-0.39, 0.29) is 11.9 Å². The molecule has 1 unspecified atom stereocenters. The van der Waals surface area contributed by atoms with Gasteiger partial charge in [0.2, 0.25) is 0 Å². The summed E-state index contributed by atoms with van der Waals surface area (Å²) in [5.41, 5.74) is 3.14. The van der Waals surface area contributed by atoms with E-state index in [0.717, 1.165) is 0 Å². The van der Waals surface area contributed by atoms with Gasteiger partial charge in [-0.3, -0.25) is 4.79 Å².